The van der Waals surface area contributed by atoms with Crippen molar-refractivity contribution in [3.63, 3.8) is 0 Å². The standard InChI is InChI=1S/C16H13N3O2S2/c17-11-12-5-7-13(8-6-12)23(20,21)10-9-22-16-18-14-3-1-2-4-15(14)19-16/h1-8H,9-10H2,(H,18,19). The number of thioether (sulfide) groups is 1. The summed E-state index contributed by atoms with van der Waals surface area (Å²) in [6.45, 7) is 0. The van der Waals surface area contributed by atoms with E-state index in [1.807, 2.05) is 30.3 Å². The van der Waals surface area contributed by atoms with Gasteiger partial charge in [0.05, 0.1) is 33.3 Å². The molecule has 0 fully saturated rings. The lowest BCUT2D eigenvalue weighted by Crippen LogP contribution is -2.09. The molecule has 0 atom stereocenters. The summed E-state index contributed by atoms with van der Waals surface area (Å²) in [6, 6.07) is 15.6. The number of nitrogens with one attached hydrogen (secondary N) is 1. The van der Waals surface area contributed by atoms with E-state index in [9.17, 15) is 8.42 Å². The van der Waals surface area contributed by atoms with E-state index < -0.39 is 9.84 Å². The van der Waals surface area contributed by atoms with Crippen LogP contribution in [0.15, 0.2) is 58.6 Å². The summed E-state index contributed by atoms with van der Waals surface area (Å²) in [6.07, 6.45) is 0. The number of para-hydroxylation sites is 2. The summed E-state index contributed by atoms with van der Waals surface area (Å²) in [7, 11) is -3.36. The van der Waals surface area contributed by atoms with Gasteiger partial charge in [-0.3, -0.25) is 0 Å². The summed E-state index contributed by atoms with van der Waals surface area (Å²) in [5.74, 6) is 0.419. The Labute approximate surface area is 138 Å². The molecule has 0 bridgehead atoms. The van der Waals surface area contributed by atoms with Gasteiger partial charge in [0, 0.05) is 5.75 Å². The van der Waals surface area contributed by atoms with E-state index in [1.165, 1.54) is 36.0 Å². The van der Waals surface area contributed by atoms with Gasteiger partial charge in [0.25, 0.3) is 0 Å². The summed E-state index contributed by atoms with van der Waals surface area (Å²) in [5, 5.41) is 9.45. The molecule has 23 heavy (non-hydrogen) atoms. The van der Waals surface area contributed by atoms with E-state index in [1.54, 1.807) is 0 Å². The normalized spacial score (nSPS) is 11.4. The highest BCUT2D eigenvalue weighted by atomic mass is 32.2. The van der Waals surface area contributed by atoms with Crippen molar-refractivity contribution >= 4 is 32.6 Å². The number of rotatable bonds is 5. The molecule has 1 N–H and O–H groups in total. The van der Waals surface area contributed by atoms with Crippen LogP contribution in [0, 0.1) is 11.3 Å². The molecule has 1 heterocycles. The molecule has 0 saturated carbocycles. The second kappa shape index (κ2) is 6.44. The Balaban J connectivity index is 1.65. The third kappa shape index (κ3) is 3.55. The molecular formula is C16H13N3O2S2. The molecule has 2 aromatic carbocycles. The molecule has 0 saturated heterocycles. The minimum Gasteiger partial charge on any atom is -0.333 e. The molecule has 1 aromatic heterocycles. The number of benzene rings is 2. The van der Waals surface area contributed by atoms with Crippen LogP contribution < -0.4 is 0 Å². The third-order valence-corrected chi connectivity index (χ3v) is 6.17. The first-order chi connectivity index (χ1) is 11.1. The second-order valence-electron chi connectivity index (χ2n) is 4.86. The van der Waals surface area contributed by atoms with Crippen LogP contribution in [0.2, 0.25) is 0 Å². The van der Waals surface area contributed by atoms with Crippen LogP contribution in [0.1, 0.15) is 5.56 Å². The number of fused-ring (bicyclic) bond motifs is 1. The topological polar surface area (TPSA) is 86.6 Å². The molecule has 3 aromatic rings. The van der Waals surface area contributed by atoms with Gasteiger partial charge in [0.1, 0.15) is 0 Å². The van der Waals surface area contributed by atoms with Crippen LogP contribution in [0.4, 0.5) is 0 Å². The van der Waals surface area contributed by atoms with Crippen LogP contribution in [-0.4, -0.2) is 29.9 Å². The predicted molar refractivity (Wildman–Crippen MR) is 90.0 cm³/mol. The number of aromatic amines is 1. The highest BCUT2D eigenvalue weighted by Crippen LogP contribution is 2.21. The number of hydrogen-bond donors (Lipinski definition) is 1. The summed E-state index contributed by atoms with van der Waals surface area (Å²) >= 11 is 1.38. The largest absolute Gasteiger partial charge is 0.333 e. The zero-order valence-electron chi connectivity index (χ0n) is 12.1. The van der Waals surface area contributed by atoms with Crippen molar-refractivity contribution < 1.29 is 8.42 Å². The number of hydrogen-bond acceptors (Lipinski definition) is 5. The molecule has 5 nitrogen and oxygen atoms in total. The minimum atomic E-state index is -3.36. The molecule has 0 spiro atoms. The van der Waals surface area contributed by atoms with Gasteiger partial charge in [-0.2, -0.15) is 5.26 Å². The van der Waals surface area contributed by atoms with Crippen LogP contribution in [0.25, 0.3) is 11.0 Å². The lowest BCUT2D eigenvalue weighted by atomic mass is 10.2. The molecule has 0 aliphatic rings. The molecule has 0 unspecified atom stereocenters. The van der Waals surface area contributed by atoms with Gasteiger partial charge in [0.2, 0.25) is 0 Å². The van der Waals surface area contributed by atoms with Crippen molar-refractivity contribution in [2.24, 2.45) is 0 Å². The molecule has 116 valence electrons. The maximum atomic E-state index is 12.3. The average molecular weight is 343 g/mol. The monoisotopic (exact) mass is 343 g/mol. The van der Waals surface area contributed by atoms with Crippen LogP contribution in [0.3, 0.4) is 0 Å². The fourth-order valence-corrected chi connectivity index (χ4v) is 4.64. The lowest BCUT2D eigenvalue weighted by molar-refractivity contribution is 0.597. The molecule has 3 rings (SSSR count). The number of nitriles is 1. The smallest absolute Gasteiger partial charge is 0.179 e. The average Bonchev–Trinajstić information content (AvgIpc) is 2.97. The van der Waals surface area contributed by atoms with Gasteiger partial charge in [-0.05, 0) is 36.4 Å². The fraction of sp³-hybridized carbons (Fsp3) is 0.125. The van der Waals surface area contributed by atoms with Crippen LogP contribution in [0.5, 0.6) is 0 Å². The van der Waals surface area contributed by atoms with Crippen molar-refractivity contribution in [1.82, 2.24) is 9.97 Å². The number of aromatic nitrogens is 2. The summed E-state index contributed by atoms with van der Waals surface area (Å²) in [4.78, 5) is 7.80. The van der Waals surface area contributed by atoms with Gasteiger partial charge >= 0.3 is 0 Å². The molecule has 0 amide bonds. The highest BCUT2D eigenvalue weighted by molar-refractivity contribution is 8.00. The molecule has 0 radical (unpaired) electrons. The van der Waals surface area contributed by atoms with Gasteiger partial charge in [-0.15, -0.1) is 0 Å². The van der Waals surface area contributed by atoms with Gasteiger partial charge in [-0.1, -0.05) is 23.9 Å². The highest BCUT2D eigenvalue weighted by Gasteiger charge is 2.15. The van der Waals surface area contributed by atoms with Crippen molar-refractivity contribution in [3.05, 3.63) is 54.1 Å². The maximum absolute atomic E-state index is 12.3. The number of nitrogens with zero attached hydrogens (tertiary/aromatic N) is 2. The summed E-state index contributed by atoms with van der Waals surface area (Å²) in [5.41, 5.74) is 2.25. The van der Waals surface area contributed by atoms with E-state index in [0.29, 0.717) is 16.5 Å². The van der Waals surface area contributed by atoms with E-state index >= 15 is 0 Å². The Bertz CT molecular complexity index is 937. The molecule has 0 aliphatic carbocycles. The molecular weight excluding hydrogens is 330 g/mol. The quantitative estimate of drug-likeness (QED) is 0.720. The van der Waals surface area contributed by atoms with E-state index in [-0.39, 0.29) is 10.6 Å². The first-order valence-corrected chi connectivity index (χ1v) is 9.53. The van der Waals surface area contributed by atoms with Crippen molar-refractivity contribution in [2.45, 2.75) is 10.1 Å². The number of sulfone groups is 1. The van der Waals surface area contributed by atoms with Gasteiger partial charge in [0.15, 0.2) is 15.0 Å². The molecule has 7 heteroatoms. The van der Waals surface area contributed by atoms with Crippen LogP contribution in [-0.2, 0) is 9.84 Å². The Kier molecular flexibility index (Phi) is 4.37. The van der Waals surface area contributed by atoms with E-state index in [2.05, 4.69) is 9.97 Å². The molecule has 0 aliphatic heterocycles. The Morgan fingerprint density at radius 2 is 1.87 bits per heavy atom. The first-order valence-electron chi connectivity index (χ1n) is 6.89. The fourth-order valence-electron chi connectivity index (χ4n) is 2.10. The minimum absolute atomic E-state index is 0.0145. The zero-order valence-corrected chi connectivity index (χ0v) is 13.7. The first kappa shape index (κ1) is 15.6. The Hall–Kier alpha value is -2.30. The number of H-pyrrole nitrogens is 1. The zero-order chi connectivity index (χ0) is 16.3. The number of imidazole rings is 1. The lowest BCUT2D eigenvalue weighted by Gasteiger charge is -2.03. The second-order valence-corrected chi connectivity index (χ2v) is 8.06. The summed E-state index contributed by atoms with van der Waals surface area (Å²) < 4.78 is 24.5. The van der Waals surface area contributed by atoms with Crippen molar-refractivity contribution in [3.8, 4) is 6.07 Å². The van der Waals surface area contributed by atoms with Gasteiger partial charge < -0.3 is 4.98 Å². The predicted octanol–water partition coefficient (Wildman–Crippen LogP) is 3.00. The van der Waals surface area contributed by atoms with Crippen molar-refractivity contribution in [1.29, 1.82) is 5.26 Å². The van der Waals surface area contributed by atoms with E-state index in [0.717, 1.165) is 11.0 Å². The third-order valence-electron chi connectivity index (χ3n) is 3.30. The Morgan fingerprint density at radius 3 is 2.57 bits per heavy atom. The van der Waals surface area contributed by atoms with E-state index in [4.69, 9.17) is 5.26 Å². The Morgan fingerprint density at radius 1 is 1.13 bits per heavy atom. The van der Waals surface area contributed by atoms with Crippen molar-refractivity contribution in [2.75, 3.05) is 11.5 Å². The van der Waals surface area contributed by atoms with Crippen LogP contribution >= 0.6 is 11.8 Å². The SMILES string of the molecule is N#Cc1ccc(S(=O)(=O)CCSc2nc3ccccc3[nH]2)cc1. The maximum Gasteiger partial charge on any atom is 0.179 e. The van der Waals surface area contributed by atoms with Gasteiger partial charge in [-0.25, -0.2) is 13.4 Å².